The zero-order valence-corrected chi connectivity index (χ0v) is 27.4. The summed E-state index contributed by atoms with van der Waals surface area (Å²) < 4.78 is 10.4. The summed E-state index contributed by atoms with van der Waals surface area (Å²) >= 11 is 0. The molecule has 1 amide bonds. The Morgan fingerprint density at radius 3 is 2.40 bits per heavy atom. The highest BCUT2D eigenvalue weighted by molar-refractivity contribution is 5.96. The van der Waals surface area contributed by atoms with E-state index in [2.05, 4.69) is 45.1 Å². The van der Waals surface area contributed by atoms with Gasteiger partial charge in [0.15, 0.2) is 0 Å². The largest absolute Gasteiger partial charge is 0.469 e. The Labute approximate surface area is 253 Å². The third-order valence-corrected chi connectivity index (χ3v) is 13.2. The van der Waals surface area contributed by atoms with Crippen LogP contribution in [0.1, 0.15) is 121 Å². The molecule has 2 unspecified atom stereocenters. The summed E-state index contributed by atoms with van der Waals surface area (Å²) in [7, 11) is 1.50. The van der Waals surface area contributed by atoms with Crippen molar-refractivity contribution in [2.75, 3.05) is 7.11 Å². The highest BCUT2D eigenvalue weighted by atomic mass is 16.5. The number of nitrogens with zero attached hydrogens (tertiary/aromatic N) is 1. The molecule has 7 heteroatoms. The molecule has 11 atom stereocenters. The highest BCUT2D eigenvalue weighted by Crippen LogP contribution is 2.68. The minimum absolute atomic E-state index is 0.0346. The predicted molar refractivity (Wildman–Crippen MR) is 163 cm³/mol. The number of aromatic nitrogens is 1. The molecule has 4 saturated carbocycles. The number of rotatable bonds is 8. The van der Waals surface area contributed by atoms with Crippen LogP contribution in [0.2, 0.25) is 0 Å². The fraction of sp³-hybridized carbons (Fsp3) is 0.857. The zero-order valence-electron chi connectivity index (χ0n) is 27.4. The summed E-state index contributed by atoms with van der Waals surface area (Å²) in [6.45, 7) is 15.3. The SMILES string of the molecule is COC(=O)C(CC[C@@H](C)[C@H]1CC[C@H]2[C@@H]3[C@H](O)C[C@@H]4CCC(NC(=O)c5c(C)noc5C)C[C@]4(C)[C@H]3CC[C@]12C)C(C)C. The quantitative estimate of drug-likeness (QED) is 0.323. The van der Waals surface area contributed by atoms with E-state index >= 15 is 0 Å². The lowest BCUT2D eigenvalue weighted by molar-refractivity contribution is -0.167. The van der Waals surface area contributed by atoms with Crippen molar-refractivity contribution in [2.24, 2.45) is 58.2 Å². The number of amides is 1. The monoisotopic (exact) mass is 584 g/mol. The Morgan fingerprint density at radius 1 is 1.05 bits per heavy atom. The first kappa shape index (κ1) is 31.5. The van der Waals surface area contributed by atoms with E-state index in [0.29, 0.717) is 52.5 Å². The molecule has 2 N–H and O–H groups in total. The van der Waals surface area contributed by atoms with Crippen molar-refractivity contribution in [3.8, 4) is 0 Å². The number of esters is 1. The number of ether oxygens (including phenoxy) is 1. The smallest absolute Gasteiger partial charge is 0.308 e. The van der Waals surface area contributed by atoms with Gasteiger partial charge in [-0.3, -0.25) is 9.59 Å². The molecule has 236 valence electrons. The van der Waals surface area contributed by atoms with Gasteiger partial charge in [-0.2, -0.15) is 0 Å². The first-order chi connectivity index (χ1) is 19.8. The molecule has 0 aliphatic heterocycles. The number of aliphatic hydroxyl groups is 1. The number of carbonyl (C=O) groups is 2. The molecular weight excluding hydrogens is 528 g/mol. The molecule has 1 heterocycles. The van der Waals surface area contributed by atoms with Gasteiger partial charge < -0.3 is 19.7 Å². The number of nitrogens with one attached hydrogen (secondary N) is 1. The Hall–Kier alpha value is -1.89. The standard InChI is InChI=1S/C35H56N2O5/c1-19(2)25(33(40)41-8)12-9-20(3)26-13-14-27-31-28(15-16-34(26,27)6)35(7)18-24(11-10-23(35)17-29(31)38)36-32(39)30-21(4)37-42-22(30)5/h19-20,23-29,31,38H,9-18H2,1-8H3,(H,36,39)/t20-,23+,24?,25?,26-,27+,28+,29-,31+,34-,35+/m1/s1. The highest BCUT2D eigenvalue weighted by Gasteiger charge is 2.63. The van der Waals surface area contributed by atoms with Crippen LogP contribution < -0.4 is 5.32 Å². The molecule has 4 fully saturated rings. The molecule has 42 heavy (non-hydrogen) atoms. The zero-order chi connectivity index (χ0) is 30.6. The Balaban J connectivity index is 1.29. The van der Waals surface area contributed by atoms with Crippen molar-refractivity contribution in [2.45, 2.75) is 125 Å². The molecule has 0 bridgehead atoms. The predicted octanol–water partition coefficient (Wildman–Crippen LogP) is 6.88. The van der Waals surface area contributed by atoms with Gasteiger partial charge in [0.05, 0.1) is 24.8 Å². The van der Waals surface area contributed by atoms with Gasteiger partial charge in [0.2, 0.25) is 0 Å². The molecule has 5 rings (SSSR count). The van der Waals surface area contributed by atoms with Crippen molar-refractivity contribution < 1.29 is 24.0 Å². The van der Waals surface area contributed by atoms with Crippen LogP contribution in [-0.2, 0) is 9.53 Å². The van der Waals surface area contributed by atoms with Crippen LogP contribution >= 0.6 is 0 Å². The molecule has 1 aromatic rings. The second kappa shape index (κ2) is 11.9. The van der Waals surface area contributed by atoms with E-state index in [4.69, 9.17) is 9.26 Å². The number of carbonyl (C=O) groups excluding carboxylic acids is 2. The number of aryl methyl sites for hydroxylation is 2. The summed E-state index contributed by atoms with van der Waals surface area (Å²) in [6, 6.07) is 0.136. The average Bonchev–Trinajstić information content (AvgIpc) is 3.46. The van der Waals surface area contributed by atoms with Crippen LogP contribution in [0.3, 0.4) is 0 Å². The van der Waals surface area contributed by atoms with Crippen LogP contribution in [0.4, 0.5) is 0 Å². The van der Waals surface area contributed by atoms with Crippen molar-refractivity contribution in [1.29, 1.82) is 0 Å². The molecule has 4 aliphatic carbocycles. The number of fused-ring (bicyclic) bond motifs is 5. The van der Waals surface area contributed by atoms with E-state index in [1.54, 1.807) is 6.92 Å². The first-order valence-electron chi connectivity index (χ1n) is 16.8. The summed E-state index contributed by atoms with van der Waals surface area (Å²) in [6.07, 6.45) is 10.4. The van der Waals surface area contributed by atoms with E-state index in [9.17, 15) is 14.7 Å². The third-order valence-electron chi connectivity index (χ3n) is 13.2. The maximum absolute atomic E-state index is 13.2. The van der Waals surface area contributed by atoms with E-state index in [0.717, 1.165) is 44.9 Å². The van der Waals surface area contributed by atoms with Crippen molar-refractivity contribution in [3.05, 3.63) is 17.0 Å². The molecule has 4 aliphatic rings. The minimum atomic E-state index is -0.232. The lowest BCUT2D eigenvalue weighted by atomic mass is 9.43. The van der Waals surface area contributed by atoms with Crippen LogP contribution in [0, 0.1) is 72.0 Å². The second-order valence-corrected chi connectivity index (χ2v) is 15.6. The van der Waals surface area contributed by atoms with E-state index < -0.39 is 0 Å². The van der Waals surface area contributed by atoms with E-state index in [1.807, 2.05) is 6.92 Å². The van der Waals surface area contributed by atoms with Crippen molar-refractivity contribution in [3.63, 3.8) is 0 Å². The minimum Gasteiger partial charge on any atom is -0.469 e. The van der Waals surface area contributed by atoms with Gasteiger partial charge in [-0.05, 0) is 130 Å². The van der Waals surface area contributed by atoms with Crippen molar-refractivity contribution in [1.82, 2.24) is 10.5 Å². The second-order valence-electron chi connectivity index (χ2n) is 15.6. The Bertz CT molecular complexity index is 1130. The van der Waals surface area contributed by atoms with Gasteiger partial charge >= 0.3 is 5.97 Å². The van der Waals surface area contributed by atoms with Crippen LogP contribution in [-0.4, -0.2) is 41.4 Å². The summed E-state index contributed by atoms with van der Waals surface area (Å²) in [5.41, 5.74) is 1.57. The van der Waals surface area contributed by atoms with Gasteiger partial charge in [0.1, 0.15) is 11.3 Å². The van der Waals surface area contributed by atoms with E-state index in [1.165, 1.54) is 26.4 Å². The third kappa shape index (κ3) is 5.34. The molecule has 1 aromatic heterocycles. The van der Waals surface area contributed by atoms with Gasteiger partial charge in [-0.25, -0.2) is 0 Å². The fourth-order valence-corrected chi connectivity index (χ4v) is 11.0. The average molecular weight is 585 g/mol. The Kier molecular flexibility index (Phi) is 8.93. The van der Waals surface area contributed by atoms with Gasteiger partial charge in [0.25, 0.3) is 5.91 Å². The first-order valence-corrected chi connectivity index (χ1v) is 16.8. The molecule has 7 nitrogen and oxygen atoms in total. The van der Waals surface area contributed by atoms with Gasteiger partial charge in [-0.15, -0.1) is 0 Å². The van der Waals surface area contributed by atoms with Gasteiger partial charge in [-0.1, -0.05) is 39.8 Å². The lowest BCUT2D eigenvalue weighted by Gasteiger charge is -2.62. The molecule has 0 saturated heterocycles. The molecule has 0 radical (unpaired) electrons. The number of methoxy groups -OCH3 is 1. The number of aliphatic hydroxyl groups excluding tert-OH is 1. The van der Waals surface area contributed by atoms with Gasteiger partial charge in [0, 0.05) is 6.04 Å². The van der Waals surface area contributed by atoms with Crippen molar-refractivity contribution >= 4 is 11.9 Å². The van der Waals surface area contributed by atoms with Crippen LogP contribution in [0.15, 0.2) is 4.52 Å². The maximum atomic E-state index is 13.2. The normalized spacial score (nSPS) is 39.1. The summed E-state index contributed by atoms with van der Waals surface area (Å²) in [5.74, 6) is 3.72. The molecule has 0 spiro atoms. The molecular formula is C35H56N2O5. The fourth-order valence-electron chi connectivity index (χ4n) is 11.0. The maximum Gasteiger partial charge on any atom is 0.308 e. The lowest BCUT2D eigenvalue weighted by Crippen LogP contribution is -2.60. The van der Waals surface area contributed by atoms with Crippen LogP contribution in [0.25, 0.3) is 0 Å². The summed E-state index contributed by atoms with van der Waals surface area (Å²) in [4.78, 5) is 25.6. The number of hydrogen-bond donors (Lipinski definition) is 2. The molecule has 0 aromatic carbocycles. The Morgan fingerprint density at radius 2 is 1.76 bits per heavy atom. The number of hydrogen-bond acceptors (Lipinski definition) is 6. The van der Waals surface area contributed by atoms with E-state index in [-0.39, 0.29) is 46.7 Å². The summed E-state index contributed by atoms with van der Waals surface area (Å²) in [5, 5.41) is 19.1. The van der Waals surface area contributed by atoms with Crippen LogP contribution in [0.5, 0.6) is 0 Å². The topological polar surface area (TPSA) is 102 Å².